The Morgan fingerprint density at radius 2 is 1.40 bits per heavy atom. The summed E-state index contributed by atoms with van der Waals surface area (Å²) in [6, 6.07) is 7.28. The van der Waals surface area contributed by atoms with Crippen LogP contribution < -0.4 is 0 Å². The van der Waals surface area contributed by atoms with Gasteiger partial charge in [-0.3, -0.25) is 14.5 Å². The van der Waals surface area contributed by atoms with Crippen LogP contribution in [-0.4, -0.2) is 41.2 Å². The van der Waals surface area contributed by atoms with E-state index in [-0.39, 0.29) is 11.8 Å². The van der Waals surface area contributed by atoms with Crippen LogP contribution in [0.2, 0.25) is 5.02 Å². The maximum absolute atomic E-state index is 13.3. The van der Waals surface area contributed by atoms with Crippen molar-refractivity contribution in [1.29, 1.82) is 0 Å². The summed E-state index contributed by atoms with van der Waals surface area (Å²) in [6.07, 6.45) is 12.9. The fourth-order valence-electron chi connectivity index (χ4n) is 4.46. The highest BCUT2D eigenvalue weighted by Crippen LogP contribution is 2.33. The van der Waals surface area contributed by atoms with Crippen molar-refractivity contribution >= 4 is 29.0 Å². The van der Waals surface area contributed by atoms with E-state index in [0.29, 0.717) is 22.8 Å². The molecule has 0 unspecified atom stereocenters. The normalized spacial score (nSPS) is 17.4. The Bertz CT molecular complexity index is 751. The monoisotopic (exact) mass is 430 g/mol. The van der Waals surface area contributed by atoms with Gasteiger partial charge in [-0.1, -0.05) is 75.6 Å². The number of piperidine rings is 1. The van der Waals surface area contributed by atoms with Crippen molar-refractivity contribution in [3.05, 3.63) is 40.5 Å². The van der Waals surface area contributed by atoms with Crippen molar-refractivity contribution in [2.45, 2.75) is 77.6 Å². The van der Waals surface area contributed by atoms with E-state index in [1.807, 2.05) is 12.1 Å². The van der Waals surface area contributed by atoms with Crippen LogP contribution in [-0.2, 0) is 9.59 Å². The molecule has 1 aromatic carbocycles. The van der Waals surface area contributed by atoms with E-state index in [0.717, 1.165) is 44.3 Å². The summed E-state index contributed by atoms with van der Waals surface area (Å²) in [4.78, 5) is 30.2. The third-order valence-electron chi connectivity index (χ3n) is 6.18. The summed E-state index contributed by atoms with van der Waals surface area (Å²) in [5, 5.41) is 0.631. The first-order chi connectivity index (χ1) is 14.6. The van der Waals surface area contributed by atoms with Crippen molar-refractivity contribution < 1.29 is 9.59 Å². The van der Waals surface area contributed by atoms with Crippen molar-refractivity contribution in [3.63, 3.8) is 0 Å². The average molecular weight is 431 g/mol. The molecular weight excluding hydrogens is 396 g/mol. The van der Waals surface area contributed by atoms with Gasteiger partial charge in [0.1, 0.15) is 5.70 Å². The highest BCUT2D eigenvalue weighted by molar-refractivity contribution is 6.36. The Hall–Kier alpha value is -1.81. The molecule has 2 aliphatic rings. The number of rotatable bonds is 11. The van der Waals surface area contributed by atoms with Crippen LogP contribution in [0.1, 0.15) is 83.1 Å². The molecule has 5 heteroatoms. The fourth-order valence-corrected chi connectivity index (χ4v) is 4.58. The topological polar surface area (TPSA) is 40.6 Å². The standard InChI is InChI=1S/C25H35ClN2O2/c1-2-3-4-5-6-7-8-12-19-28-24(29)22(20-13-15-21(26)16-14-20)23(25(28)30)27-17-10-9-11-18-27/h13-16H,2-12,17-19H2,1H3. The van der Waals surface area contributed by atoms with Crippen LogP contribution in [0.4, 0.5) is 0 Å². The zero-order valence-corrected chi connectivity index (χ0v) is 19.1. The van der Waals surface area contributed by atoms with Crippen molar-refractivity contribution in [1.82, 2.24) is 9.80 Å². The Balaban J connectivity index is 1.66. The van der Waals surface area contributed by atoms with E-state index in [4.69, 9.17) is 11.6 Å². The van der Waals surface area contributed by atoms with Crippen molar-refractivity contribution in [3.8, 4) is 0 Å². The van der Waals surface area contributed by atoms with Gasteiger partial charge in [0, 0.05) is 24.7 Å². The first-order valence-electron chi connectivity index (χ1n) is 11.7. The van der Waals surface area contributed by atoms with Crippen LogP contribution in [0.15, 0.2) is 30.0 Å². The van der Waals surface area contributed by atoms with Crippen LogP contribution >= 0.6 is 11.6 Å². The summed E-state index contributed by atoms with van der Waals surface area (Å²) < 4.78 is 0. The number of halogens is 1. The van der Waals surface area contributed by atoms with Gasteiger partial charge in [-0.2, -0.15) is 0 Å². The van der Waals surface area contributed by atoms with E-state index in [2.05, 4.69) is 11.8 Å². The van der Waals surface area contributed by atoms with Gasteiger partial charge in [0.15, 0.2) is 0 Å². The number of carbonyl (C=O) groups is 2. The minimum absolute atomic E-state index is 0.116. The lowest BCUT2D eigenvalue weighted by atomic mass is 10.0. The second-order valence-electron chi connectivity index (χ2n) is 8.52. The highest BCUT2D eigenvalue weighted by Gasteiger charge is 2.41. The summed E-state index contributed by atoms with van der Waals surface area (Å²) in [6.45, 7) is 4.43. The van der Waals surface area contributed by atoms with Crippen LogP contribution in [0.5, 0.6) is 0 Å². The molecule has 1 fully saturated rings. The molecule has 164 valence electrons. The summed E-state index contributed by atoms with van der Waals surface area (Å²) in [7, 11) is 0. The number of benzene rings is 1. The first-order valence-corrected chi connectivity index (χ1v) is 12.1. The van der Waals surface area contributed by atoms with E-state index in [1.54, 1.807) is 12.1 Å². The van der Waals surface area contributed by atoms with Gasteiger partial charge < -0.3 is 4.90 Å². The lowest BCUT2D eigenvalue weighted by Gasteiger charge is -2.29. The predicted octanol–water partition coefficient (Wildman–Crippen LogP) is 6.05. The number of imide groups is 1. The Kier molecular flexibility index (Phi) is 8.80. The Morgan fingerprint density at radius 3 is 2.03 bits per heavy atom. The van der Waals surface area contributed by atoms with Crippen molar-refractivity contribution in [2.24, 2.45) is 0 Å². The summed E-state index contributed by atoms with van der Waals surface area (Å²) >= 11 is 6.05. The fraction of sp³-hybridized carbons (Fsp3) is 0.600. The number of likely N-dealkylation sites (tertiary alicyclic amines) is 1. The van der Waals surface area contributed by atoms with Crippen LogP contribution in [0.3, 0.4) is 0 Å². The molecule has 1 saturated heterocycles. The molecule has 3 rings (SSSR count). The van der Waals surface area contributed by atoms with Gasteiger partial charge in [0.2, 0.25) is 0 Å². The highest BCUT2D eigenvalue weighted by atomic mass is 35.5. The van der Waals surface area contributed by atoms with Gasteiger partial charge in [-0.15, -0.1) is 0 Å². The summed E-state index contributed by atoms with van der Waals surface area (Å²) in [5.74, 6) is -0.263. The molecule has 0 spiro atoms. The predicted molar refractivity (Wildman–Crippen MR) is 123 cm³/mol. The minimum atomic E-state index is -0.147. The maximum atomic E-state index is 13.3. The molecule has 0 aliphatic carbocycles. The van der Waals surface area contributed by atoms with Crippen LogP contribution in [0, 0.1) is 0 Å². The second-order valence-corrected chi connectivity index (χ2v) is 8.95. The Labute approximate surface area is 186 Å². The quantitative estimate of drug-likeness (QED) is 0.317. The molecule has 0 radical (unpaired) electrons. The molecule has 2 aliphatic heterocycles. The molecule has 30 heavy (non-hydrogen) atoms. The van der Waals surface area contributed by atoms with E-state index < -0.39 is 0 Å². The number of unbranched alkanes of at least 4 members (excludes halogenated alkanes) is 7. The van der Waals surface area contributed by atoms with E-state index >= 15 is 0 Å². The third-order valence-corrected chi connectivity index (χ3v) is 6.44. The molecule has 0 atom stereocenters. The van der Waals surface area contributed by atoms with Gasteiger partial charge >= 0.3 is 0 Å². The molecule has 4 nitrogen and oxygen atoms in total. The van der Waals surface area contributed by atoms with Gasteiger partial charge in [0.25, 0.3) is 11.8 Å². The largest absolute Gasteiger partial charge is 0.366 e. The smallest absolute Gasteiger partial charge is 0.277 e. The van der Waals surface area contributed by atoms with E-state index in [9.17, 15) is 9.59 Å². The zero-order valence-electron chi connectivity index (χ0n) is 18.3. The Morgan fingerprint density at radius 1 is 0.800 bits per heavy atom. The van der Waals surface area contributed by atoms with Gasteiger partial charge in [-0.05, 0) is 43.4 Å². The minimum Gasteiger partial charge on any atom is -0.366 e. The number of hydrogen-bond acceptors (Lipinski definition) is 3. The van der Waals surface area contributed by atoms with Gasteiger partial charge in [-0.25, -0.2) is 0 Å². The molecule has 2 heterocycles. The van der Waals surface area contributed by atoms with E-state index in [1.165, 1.54) is 49.8 Å². The number of amides is 2. The molecule has 0 saturated carbocycles. The molecular formula is C25H35ClN2O2. The second kappa shape index (κ2) is 11.5. The molecule has 0 N–H and O–H groups in total. The molecule has 0 bridgehead atoms. The van der Waals surface area contributed by atoms with Crippen molar-refractivity contribution in [2.75, 3.05) is 19.6 Å². The molecule has 1 aromatic rings. The lowest BCUT2D eigenvalue weighted by molar-refractivity contribution is -0.137. The average Bonchev–Trinajstić information content (AvgIpc) is 3.01. The summed E-state index contributed by atoms with van der Waals surface area (Å²) in [5.41, 5.74) is 1.94. The zero-order chi connectivity index (χ0) is 21.3. The lowest BCUT2D eigenvalue weighted by Crippen LogP contribution is -2.37. The maximum Gasteiger partial charge on any atom is 0.277 e. The molecule has 2 amide bonds. The van der Waals surface area contributed by atoms with Crippen LogP contribution in [0.25, 0.3) is 5.57 Å². The van der Waals surface area contributed by atoms with Gasteiger partial charge in [0.05, 0.1) is 5.57 Å². The SMILES string of the molecule is CCCCCCCCCCN1C(=O)C(c2ccc(Cl)cc2)=C(N2CCCCC2)C1=O. The number of nitrogens with zero attached hydrogens (tertiary/aromatic N) is 2. The first kappa shape index (κ1) is 22.9. The number of hydrogen-bond donors (Lipinski definition) is 0. The molecule has 0 aromatic heterocycles. The third kappa shape index (κ3) is 5.66. The number of carbonyl (C=O) groups excluding carboxylic acids is 2.